The maximum Gasteiger partial charge on any atom is 0.108 e. The summed E-state index contributed by atoms with van der Waals surface area (Å²) in [5.41, 5.74) is 0. The molecule has 0 amide bonds. The molecule has 2 unspecified atom stereocenters. The lowest BCUT2D eigenvalue weighted by Gasteiger charge is -2.23. The van der Waals surface area contributed by atoms with Crippen molar-refractivity contribution in [1.29, 1.82) is 0 Å². The highest BCUT2D eigenvalue weighted by Crippen LogP contribution is 2.16. The third-order valence-electron chi connectivity index (χ3n) is 3.42. The lowest BCUT2D eigenvalue weighted by Crippen LogP contribution is -2.33. The van der Waals surface area contributed by atoms with Crippen molar-refractivity contribution in [1.82, 2.24) is 14.9 Å². The van der Waals surface area contributed by atoms with E-state index in [1.807, 2.05) is 12.4 Å². The number of nitrogens with zero attached hydrogens (tertiary/aromatic N) is 2. The van der Waals surface area contributed by atoms with Gasteiger partial charge in [-0.25, -0.2) is 4.98 Å². The summed E-state index contributed by atoms with van der Waals surface area (Å²) in [6.45, 7) is 7.79. The van der Waals surface area contributed by atoms with Crippen LogP contribution in [0.25, 0.3) is 0 Å². The quantitative estimate of drug-likeness (QED) is 0.769. The van der Waals surface area contributed by atoms with Crippen LogP contribution in [0.4, 0.5) is 0 Å². The number of imidazole rings is 1. The largest absolute Gasteiger partial charge is 0.338 e. The van der Waals surface area contributed by atoms with Gasteiger partial charge in [-0.05, 0) is 25.8 Å². The van der Waals surface area contributed by atoms with Crippen LogP contribution in [0, 0.1) is 5.92 Å². The topological polar surface area (TPSA) is 29.9 Å². The molecule has 16 heavy (non-hydrogen) atoms. The van der Waals surface area contributed by atoms with Gasteiger partial charge in [-0.1, -0.05) is 20.3 Å². The van der Waals surface area contributed by atoms with E-state index in [9.17, 15) is 0 Å². The third kappa shape index (κ3) is 3.63. The number of hydrogen-bond acceptors (Lipinski definition) is 2. The highest BCUT2D eigenvalue weighted by Gasteiger charge is 2.15. The highest BCUT2D eigenvalue weighted by atomic mass is 15.0. The zero-order valence-corrected chi connectivity index (χ0v) is 11.0. The average Bonchev–Trinajstić information content (AvgIpc) is 2.66. The molecule has 0 aliphatic carbocycles. The third-order valence-corrected chi connectivity index (χ3v) is 3.42. The fraction of sp³-hybridized carbons (Fsp3) is 0.769. The minimum Gasteiger partial charge on any atom is -0.338 e. The Hall–Kier alpha value is -0.830. The van der Waals surface area contributed by atoms with E-state index in [4.69, 9.17) is 0 Å². The predicted molar refractivity (Wildman–Crippen MR) is 68.4 cm³/mol. The molecule has 0 bridgehead atoms. The summed E-state index contributed by atoms with van der Waals surface area (Å²) in [6, 6.07) is 0.607. The van der Waals surface area contributed by atoms with Crippen LogP contribution < -0.4 is 5.32 Å². The van der Waals surface area contributed by atoms with Crippen molar-refractivity contribution >= 4 is 0 Å². The molecule has 3 heteroatoms. The Kier molecular flexibility index (Phi) is 5.53. The van der Waals surface area contributed by atoms with Crippen LogP contribution in [0.3, 0.4) is 0 Å². The van der Waals surface area contributed by atoms with Gasteiger partial charge in [-0.2, -0.15) is 0 Å². The second-order valence-electron chi connectivity index (χ2n) is 4.51. The van der Waals surface area contributed by atoms with E-state index < -0.39 is 0 Å². The highest BCUT2D eigenvalue weighted by molar-refractivity contribution is 4.92. The molecule has 92 valence electrons. The van der Waals surface area contributed by atoms with Gasteiger partial charge in [0.05, 0.1) is 0 Å². The summed E-state index contributed by atoms with van der Waals surface area (Å²) in [6.07, 6.45) is 7.43. The molecule has 0 aliphatic rings. The summed E-state index contributed by atoms with van der Waals surface area (Å²) >= 11 is 0. The first-order chi connectivity index (χ1) is 7.69. The number of hydrogen-bond donors (Lipinski definition) is 1. The Morgan fingerprint density at radius 1 is 1.44 bits per heavy atom. The molecule has 1 heterocycles. The molecule has 0 spiro atoms. The molecule has 1 aromatic rings. The van der Waals surface area contributed by atoms with Crippen LogP contribution in [0.2, 0.25) is 0 Å². The Morgan fingerprint density at radius 3 is 2.69 bits per heavy atom. The SMILES string of the molecule is CCNC(C)C(CC)CCc1nccn1C. The second kappa shape index (κ2) is 6.69. The minimum atomic E-state index is 0.607. The predicted octanol–water partition coefficient (Wildman–Crippen LogP) is 2.38. The summed E-state index contributed by atoms with van der Waals surface area (Å²) in [7, 11) is 2.07. The van der Waals surface area contributed by atoms with Crippen LogP contribution in [-0.2, 0) is 13.5 Å². The summed E-state index contributed by atoms with van der Waals surface area (Å²) in [4.78, 5) is 4.37. The fourth-order valence-electron chi connectivity index (χ4n) is 2.25. The standard InChI is InChI=1S/C13H25N3/c1-5-12(11(3)14-6-2)7-8-13-15-9-10-16(13)4/h9-12,14H,5-8H2,1-4H3. The van der Waals surface area contributed by atoms with Gasteiger partial charge in [0, 0.05) is 31.9 Å². The van der Waals surface area contributed by atoms with Crippen molar-refractivity contribution in [2.45, 2.75) is 46.1 Å². The molecular formula is C13H25N3. The Bertz CT molecular complexity index is 293. The monoisotopic (exact) mass is 223 g/mol. The van der Waals surface area contributed by atoms with Gasteiger partial charge in [0.1, 0.15) is 5.82 Å². The van der Waals surface area contributed by atoms with Gasteiger partial charge in [-0.3, -0.25) is 0 Å². The van der Waals surface area contributed by atoms with Gasteiger partial charge in [-0.15, -0.1) is 0 Å². The molecule has 0 saturated heterocycles. The van der Waals surface area contributed by atoms with Crippen molar-refractivity contribution in [2.24, 2.45) is 13.0 Å². The maximum absolute atomic E-state index is 4.37. The van der Waals surface area contributed by atoms with E-state index in [-0.39, 0.29) is 0 Å². The normalized spacial score (nSPS) is 15.0. The van der Waals surface area contributed by atoms with Gasteiger partial charge in [0.15, 0.2) is 0 Å². The Balaban J connectivity index is 2.42. The zero-order chi connectivity index (χ0) is 12.0. The van der Waals surface area contributed by atoms with E-state index >= 15 is 0 Å². The summed E-state index contributed by atoms with van der Waals surface area (Å²) < 4.78 is 2.12. The molecule has 3 nitrogen and oxygen atoms in total. The van der Waals surface area contributed by atoms with Crippen molar-refractivity contribution in [2.75, 3.05) is 6.54 Å². The van der Waals surface area contributed by atoms with Crippen LogP contribution in [-0.4, -0.2) is 22.1 Å². The first-order valence-corrected chi connectivity index (χ1v) is 6.38. The molecule has 1 N–H and O–H groups in total. The lowest BCUT2D eigenvalue weighted by atomic mass is 9.93. The lowest BCUT2D eigenvalue weighted by molar-refractivity contribution is 0.346. The molecule has 0 radical (unpaired) electrons. The molecule has 0 aromatic carbocycles. The van der Waals surface area contributed by atoms with E-state index in [0.717, 1.165) is 18.9 Å². The Labute approximate surface area is 99.3 Å². The first-order valence-electron chi connectivity index (χ1n) is 6.38. The average molecular weight is 223 g/mol. The number of aromatic nitrogens is 2. The number of aryl methyl sites for hydroxylation is 2. The zero-order valence-electron chi connectivity index (χ0n) is 11.0. The minimum absolute atomic E-state index is 0.607. The molecule has 2 atom stereocenters. The Morgan fingerprint density at radius 2 is 2.19 bits per heavy atom. The smallest absolute Gasteiger partial charge is 0.108 e. The summed E-state index contributed by atoms with van der Waals surface area (Å²) in [5.74, 6) is 1.94. The van der Waals surface area contributed by atoms with Crippen LogP contribution in [0.5, 0.6) is 0 Å². The summed E-state index contributed by atoms with van der Waals surface area (Å²) in [5, 5.41) is 3.51. The molecule has 1 aromatic heterocycles. The van der Waals surface area contributed by atoms with Gasteiger partial charge < -0.3 is 9.88 Å². The van der Waals surface area contributed by atoms with Gasteiger partial charge in [0.25, 0.3) is 0 Å². The van der Waals surface area contributed by atoms with Crippen molar-refractivity contribution in [3.8, 4) is 0 Å². The molecule has 0 fully saturated rings. The molecule has 0 saturated carbocycles. The number of nitrogens with one attached hydrogen (secondary N) is 1. The number of rotatable bonds is 7. The van der Waals surface area contributed by atoms with E-state index in [1.54, 1.807) is 0 Å². The van der Waals surface area contributed by atoms with Crippen molar-refractivity contribution in [3.05, 3.63) is 18.2 Å². The molecule has 1 rings (SSSR count). The second-order valence-corrected chi connectivity index (χ2v) is 4.51. The van der Waals surface area contributed by atoms with Crippen molar-refractivity contribution < 1.29 is 0 Å². The van der Waals surface area contributed by atoms with Crippen LogP contribution >= 0.6 is 0 Å². The molecular weight excluding hydrogens is 198 g/mol. The van der Waals surface area contributed by atoms with Crippen molar-refractivity contribution in [3.63, 3.8) is 0 Å². The van der Waals surface area contributed by atoms with Gasteiger partial charge >= 0.3 is 0 Å². The van der Waals surface area contributed by atoms with E-state index in [2.05, 4.69) is 42.7 Å². The maximum atomic E-state index is 4.37. The van der Waals surface area contributed by atoms with E-state index in [0.29, 0.717) is 6.04 Å². The van der Waals surface area contributed by atoms with Crippen LogP contribution in [0.15, 0.2) is 12.4 Å². The fourth-order valence-corrected chi connectivity index (χ4v) is 2.25. The van der Waals surface area contributed by atoms with E-state index in [1.165, 1.54) is 18.7 Å². The van der Waals surface area contributed by atoms with Gasteiger partial charge in [0.2, 0.25) is 0 Å². The van der Waals surface area contributed by atoms with Crippen LogP contribution in [0.1, 0.15) is 39.4 Å². The first kappa shape index (κ1) is 13.2. The molecule has 0 aliphatic heterocycles.